The number of azo groups is 1. The maximum atomic E-state index is 6.34. The number of nitrogens with one attached hydrogen (secondary N) is 1. The molecule has 0 saturated heterocycles. The molecule has 0 aromatic carbocycles. The zero-order chi connectivity index (χ0) is 4.12. The van der Waals surface area contributed by atoms with Gasteiger partial charge in [-0.25, -0.2) is 5.11 Å². The molecule has 10 heteroatoms. The minimum atomic E-state index is 0. The first-order chi connectivity index (χ1) is 2.41. The van der Waals surface area contributed by atoms with Gasteiger partial charge in [-0.3, -0.25) is 0 Å². The van der Waals surface area contributed by atoms with Crippen molar-refractivity contribution in [3.8, 4) is 0 Å². The average Bonchev–Trinajstić information content (AvgIpc) is 1.41. The van der Waals surface area contributed by atoms with Gasteiger partial charge < -0.3 is 5.73 Å². The topological polar surface area (TPSA) is 48.5 Å². The van der Waals surface area contributed by atoms with E-state index in [1.54, 1.807) is 7.05 Å². The third-order valence-electron chi connectivity index (χ3n) is 0.212. The summed E-state index contributed by atoms with van der Waals surface area (Å²) in [6.07, 6.45) is 0. The molecule has 0 bridgehead atoms. The summed E-state index contributed by atoms with van der Waals surface area (Å²) in [7, 11) is 1.55. The quantitative estimate of drug-likeness (QED) is 0.354. The van der Waals surface area contributed by atoms with Crippen molar-refractivity contribution in [1.82, 2.24) is 0 Å². The molecule has 12 heavy (non-hydrogen) atoms. The average molecular weight is 1360 g/mol. The van der Waals surface area contributed by atoms with Crippen molar-refractivity contribution < 1.29 is 147 Å². The predicted molar refractivity (Wildman–Crippen MR) is 20.0 cm³/mol. The Hall–Kier alpha value is 4.38. The van der Waals surface area contributed by atoms with E-state index in [0.717, 1.165) is 0 Å². The molecule has 0 unspecified atom stereocenters. The second-order valence-corrected chi connectivity index (χ2v) is 0.500. The Morgan fingerprint density at radius 3 is 1.08 bits per heavy atom. The molecule has 0 heterocycles. The first-order valence-corrected chi connectivity index (χ1v) is 1.32. The van der Waals surface area contributed by atoms with Crippen LogP contribution in [0.5, 0.6) is 0 Å². The largest absolute Gasteiger partial charge is 0.657 e. The molecule has 0 radical (unpaired) electrons. The van der Waals surface area contributed by atoms with E-state index in [2.05, 4.69) is 10.2 Å². The van der Waals surface area contributed by atoms with Gasteiger partial charge in [-0.2, -0.15) is 5.11 Å². The van der Waals surface area contributed by atoms with Crippen LogP contribution in [-0.2, 0) is 147 Å². The zero-order valence-electron chi connectivity index (χ0n) is 5.96. The Bertz CT molecular complexity index is 43.6. The van der Waals surface area contributed by atoms with Crippen LogP contribution in [0.25, 0.3) is 5.73 Å². The van der Waals surface area contributed by atoms with Gasteiger partial charge in [0.2, 0.25) is 0 Å². The number of nitrogens with zero attached hydrogens (tertiary/aromatic N) is 2. The maximum absolute atomic E-state index is 6.34. The fraction of sp³-hybridized carbons (Fsp3) is 1.00. The van der Waals surface area contributed by atoms with Crippen molar-refractivity contribution in [3.63, 3.8) is 0 Å². The van der Waals surface area contributed by atoms with Gasteiger partial charge in [0.1, 0.15) is 0 Å². The Morgan fingerprint density at radius 1 is 0.833 bits per heavy atom. The van der Waals surface area contributed by atoms with Gasteiger partial charge in [0.15, 0.2) is 0 Å². The molecule has 1 N–H and O–H groups in total. The van der Waals surface area contributed by atoms with Crippen LogP contribution < -0.4 is 0 Å². The minimum Gasteiger partial charge on any atom is -0.657 e. The number of rotatable bonds is 1. The molecule has 0 atom stereocenters. The monoisotopic (exact) mass is 1360 g/mol. The molecule has 0 spiro atoms. The normalized spacial score (nSPS) is 4.17. The molecule has 0 rings (SSSR count). The van der Waals surface area contributed by atoms with Gasteiger partial charge in [0, 0.05) is 155 Å². The van der Waals surface area contributed by atoms with Gasteiger partial charge in [-0.1, -0.05) is 0 Å². The maximum Gasteiger partial charge on any atom is 0.0486 e. The van der Waals surface area contributed by atoms with E-state index in [0.29, 0.717) is 0 Å². The SMILES string of the molecule is CN=NC[NH-].[W].[W].[W].[W].[W].[W].[W]. The zero-order valence-corrected chi connectivity index (χ0v) is 26.5. The summed E-state index contributed by atoms with van der Waals surface area (Å²) in [5.74, 6) is 0. The summed E-state index contributed by atoms with van der Waals surface area (Å²) in [4.78, 5) is 0. The van der Waals surface area contributed by atoms with E-state index in [9.17, 15) is 0 Å². The Morgan fingerprint density at radius 2 is 1.08 bits per heavy atom. The Balaban J connectivity index is -0.00000000381. The summed E-state index contributed by atoms with van der Waals surface area (Å²) in [5, 5.41) is 6.56. The molecule has 0 saturated carbocycles. The Labute approximate surface area is 174 Å². The van der Waals surface area contributed by atoms with Crippen molar-refractivity contribution in [2.45, 2.75) is 0 Å². The Kier molecular flexibility index (Phi) is 269. The van der Waals surface area contributed by atoms with Crippen molar-refractivity contribution >= 4 is 0 Å². The molecule has 0 aliphatic rings. The predicted octanol–water partition coefficient (Wildman–Crippen LogP) is 1.06. The van der Waals surface area contributed by atoms with Crippen molar-refractivity contribution in [2.75, 3.05) is 13.7 Å². The van der Waals surface area contributed by atoms with Crippen LogP contribution in [0.4, 0.5) is 0 Å². The standard InChI is InChI=1S/C2H6N3.7W/c1-4-5-2-3;;;;;;;/h3H,2H2,1H3;;;;;;;/q-1;;;;;;;. The molecular weight excluding hydrogens is 1350 g/mol. The van der Waals surface area contributed by atoms with Crippen LogP contribution in [0.2, 0.25) is 0 Å². The van der Waals surface area contributed by atoms with Crippen molar-refractivity contribution in [2.24, 2.45) is 10.2 Å². The van der Waals surface area contributed by atoms with Gasteiger partial charge in [0.25, 0.3) is 0 Å². The van der Waals surface area contributed by atoms with Crippen LogP contribution in [-0.4, -0.2) is 13.7 Å². The van der Waals surface area contributed by atoms with Crippen molar-refractivity contribution in [3.05, 3.63) is 5.73 Å². The van der Waals surface area contributed by atoms with E-state index in [1.165, 1.54) is 0 Å². The molecule has 72 valence electrons. The van der Waals surface area contributed by atoms with E-state index >= 15 is 0 Å². The summed E-state index contributed by atoms with van der Waals surface area (Å²) in [6.45, 7) is 0.0521. The molecule has 0 fully saturated rings. The third kappa shape index (κ3) is 63.3. The fourth-order valence-corrected chi connectivity index (χ4v) is 0.0707. The molecular formula is C2H6N3W7-. The van der Waals surface area contributed by atoms with Crippen LogP contribution in [0, 0.1) is 0 Å². The second kappa shape index (κ2) is 58.4. The van der Waals surface area contributed by atoms with E-state index < -0.39 is 0 Å². The first kappa shape index (κ1) is 55.2. The second-order valence-electron chi connectivity index (χ2n) is 0.500. The third-order valence-corrected chi connectivity index (χ3v) is 0.212. The molecule has 0 aromatic rings. The summed E-state index contributed by atoms with van der Waals surface area (Å²) in [5.41, 5.74) is 6.34. The molecule has 3 nitrogen and oxygen atoms in total. The summed E-state index contributed by atoms with van der Waals surface area (Å²) in [6, 6.07) is 0. The number of hydrogen-bond acceptors (Lipinski definition) is 2. The van der Waals surface area contributed by atoms with Gasteiger partial charge in [0.05, 0.1) is 0 Å². The number of hydrogen-bond donors (Lipinski definition) is 0. The first-order valence-electron chi connectivity index (χ1n) is 1.32. The van der Waals surface area contributed by atoms with E-state index in [1.807, 2.05) is 0 Å². The smallest absolute Gasteiger partial charge is 0.0486 e. The molecule has 0 aliphatic carbocycles. The van der Waals surface area contributed by atoms with Gasteiger partial charge >= 0.3 is 0 Å². The van der Waals surface area contributed by atoms with E-state index in [4.69, 9.17) is 5.73 Å². The molecule has 0 aliphatic heterocycles. The summed E-state index contributed by atoms with van der Waals surface area (Å²) >= 11 is 0. The van der Waals surface area contributed by atoms with Crippen LogP contribution in [0.3, 0.4) is 0 Å². The molecule has 0 amide bonds. The summed E-state index contributed by atoms with van der Waals surface area (Å²) < 4.78 is 0. The van der Waals surface area contributed by atoms with Crippen LogP contribution >= 0.6 is 0 Å². The fourth-order valence-electron chi connectivity index (χ4n) is 0.0707. The van der Waals surface area contributed by atoms with Crippen molar-refractivity contribution in [1.29, 1.82) is 0 Å². The van der Waals surface area contributed by atoms with Crippen LogP contribution in [0.1, 0.15) is 0 Å². The van der Waals surface area contributed by atoms with Gasteiger partial charge in [-0.15, -0.1) is 0 Å². The van der Waals surface area contributed by atoms with E-state index in [-0.39, 0.29) is 154 Å². The molecule has 0 aromatic heterocycles. The van der Waals surface area contributed by atoms with Gasteiger partial charge in [-0.05, 0) is 6.67 Å². The minimum absolute atomic E-state index is 0. The van der Waals surface area contributed by atoms with Crippen LogP contribution in [0.15, 0.2) is 10.2 Å².